The van der Waals surface area contributed by atoms with Crippen LogP contribution in [0.2, 0.25) is 0 Å². The van der Waals surface area contributed by atoms with Gasteiger partial charge in [-0.2, -0.15) is 0 Å². The third-order valence-corrected chi connectivity index (χ3v) is 5.51. The molecule has 6 heteroatoms. The first kappa shape index (κ1) is 13.6. The fourth-order valence-electron chi connectivity index (χ4n) is 1.05. The molecule has 0 saturated heterocycles. The summed E-state index contributed by atoms with van der Waals surface area (Å²) in [5, 5.41) is 5.03. The van der Waals surface area contributed by atoms with Crippen LogP contribution in [0.25, 0.3) is 0 Å². The van der Waals surface area contributed by atoms with Gasteiger partial charge in [0.25, 0.3) is 0 Å². The molecule has 0 fully saturated rings. The fourth-order valence-corrected chi connectivity index (χ4v) is 2.64. The molecule has 0 aromatic carbocycles. The molecule has 16 heavy (non-hydrogen) atoms. The molecule has 92 valence electrons. The van der Waals surface area contributed by atoms with Crippen molar-refractivity contribution in [1.82, 2.24) is 10.3 Å². The Hall–Kier alpha value is -0.460. The summed E-state index contributed by atoms with van der Waals surface area (Å²) in [5.74, 6) is 0.167. The van der Waals surface area contributed by atoms with Crippen LogP contribution >= 0.6 is 11.3 Å². The summed E-state index contributed by atoms with van der Waals surface area (Å²) in [6.45, 7) is 6.27. The maximum Gasteiger partial charge on any atom is 0.156 e. The molecular formula is C10H18N2O2S2. The lowest BCUT2D eigenvalue weighted by Gasteiger charge is -2.19. The number of rotatable bonds is 5. The van der Waals surface area contributed by atoms with Crippen LogP contribution in [0.1, 0.15) is 26.5 Å². The average Bonchev–Trinajstić information content (AvgIpc) is 2.63. The van der Waals surface area contributed by atoms with Gasteiger partial charge in [0.05, 0.1) is 21.7 Å². The zero-order chi connectivity index (χ0) is 12.2. The molecule has 0 saturated carbocycles. The van der Waals surface area contributed by atoms with Crippen LogP contribution in [-0.4, -0.2) is 30.4 Å². The van der Waals surface area contributed by atoms with Gasteiger partial charge in [-0.25, -0.2) is 13.4 Å². The number of nitrogens with zero attached hydrogens (tertiary/aromatic N) is 1. The van der Waals surface area contributed by atoms with E-state index in [2.05, 4.69) is 10.3 Å². The summed E-state index contributed by atoms with van der Waals surface area (Å²) in [6.07, 6.45) is 0. The van der Waals surface area contributed by atoms with Crippen LogP contribution in [0.5, 0.6) is 0 Å². The molecule has 0 spiro atoms. The number of aromatic nitrogens is 1. The van der Waals surface area contributed by atoms with Gasteiger partial charge in [0.2, 0.25) is 0 Å². The minimum Gasteiger partial charge on any atom is -0.310 e. The fraction of sp³-hybridized carbons (Fsp3) is 0.700. The minimum absolute atomic E-state index is 0.167. The highest BCUT2D eigenvalue weighted by atomic mass is 32.2. The van der Waals surface area contributed by atoms with E-state index in [1.165, 1.54) is 11.3 Å². The van der Waals surface area contributed by atoms with Crippen molar-refractivity contribution in [1.29, 1.82) is 0 Å². The van der Waals surface area contributed by atoms with E-state index < -0.39 is 14.6 Å². The molecule has 4 nitrogen and oxygen atoms in total. The number of nitrogens with one attached hydrogen (secondary N) is 1. The normalized spacial score (nSPS) is 12.9. The largest absolute Gasteiger partial charge is 0.310 e. The molecule has 0 radical (unpaired) electrons. The highest BCUT2D eigenvalue weighted by Gasteiger charge is 2.27. The Morgan fingerprint density at radius 1 is 1.44 bits per heavy atom. The maximum absolute atomic E-state index is 11.8. The Bertz CT molecular complexity index is 405. The van der Waals surface area contributed by atoms with Crippen LogP contribution in [0, 0.1) is 0 Å². The second-order valence-electron chi connectivity index (χ2n) is 4.59. The third-order valence-electron chi connectivity index (χ3n) is 2.27. The molecule has 0 bridgehead atoms. The van der Waals surface area contributed by atoms with Gasteiger partial charge in [-0.05, 0) is 20.8 Å². The quantitative estimate of drug-likeness (QED) is 0.816. The highest BCUT2D eigenvalue weighted by Crippen LogP contribution is 2.15. The molecule has 0 aliphatic heterocycles. The number of hydrogen-bond acceptors (Lipinski definition) is 5. The third kappa shape index (κ3) is 3.84. The summed E-state index contributed by atoms with van der Waals surface area (Å²) < 4.78 is 22.8. The van der Waals surface area contributed by atoms with Gasteiger partial charge in [-0.15, -0.1) is 11.3 Å². The van der Waals surface area contributed by atoms with Crippen LogP contribution < -0.4 is 5.32 Å². The molecule has 0 aliphatic carbocycles. The van der Waals surface area contributed by atoms with Crippen molar-refractivity contribution in [3.63, 3.8) is 0 Å². The molecule has 1 heterocycles. The summed E-state index contributed by atoms with van der Waals surface area (Å²) in [5.41, 5.74) is 2.72. The highest BCUT2D eigenvalue weighted by molar-refractivity contribution is 7.92. The summed E-state index contributed by atoms with van der Waals surface area (Å²) in [6, 6.07) is 0. The number of hydrogen-bond donors (Lipinski definition) is 1. The lowest BCUT2D eigenvalue weighted by molar-refractivity contribution is 0.555. The van der Waals surface area contributed by atoms with Crippen LogP contribution in [0.3, 0.4) is 0 Å². The zero-order valence-corrected chi connectivity index (χ0v) is 11.5. The van der Waals surface area contributed by atoms with E-state index in [4.69, 9.17) is 0 Å². The SMILES string of the molecule is CC(C)(C)S(=O)(=O)CCNCc1cscn1. The molecule has 0 aliphatic rings. The Morgan fingerprint density at radius 2 is 2.12 bits per heavy atom. The Morgan fingerprint density at radius 3 is 2.62 bits per heavy atom. The van der Waals surface area contributed by atoms with Gasteiger partial charge < -0.3 is 5.32 Å². The van der Waals surface area contributed by atoms with Crippen molar-refractivity contribution < 1.29 is 8.42 Å². The predicted octanol–water partition coefficient (Wildman–Crippen LogP) is 1.45. The first-order valence-electron chi connectivity index (χ1n) is 5.13. The second-order valence-corrected chi connectivity index (χ2v) is 8.17. The van der Waals surface area contributed by atoms with Gasteiger partial charge in [0.1, 0.15) is 0 Å². The standard InChI is InChI=1S/C10H18N2O2S2/c1-10(2,3)16(13,14)5-4-11-6-9-7-15-8-12-9/h7-8,11H,4-6H2,1-3H3. The topological polar surface area (TPSA) is 59.1 Å². The van der Waals surface area contributed by atoms with E-state index in [1.807, 2.05) is 5.38 Å². The Labute approximate surface area is 101 Å². The van der Waals surface area contributed by atoms with Gasteiger partial charge in [-0.1, -0.05) is 0 Å². The molecule has 0 atom stereocenters. The van der Waals surface area contributed by atoms with Crippen molar-refractivity contribution in [2.24, 2.45) is 0 Å². The summed E-state index contributed by atoms with van der Waals surface area (Å²) in [4.78, 5) is 4.11. The zero-order valence-electron chi connectivity index (χ0n) is 9.86. The smallest absolute Gasteiger partial charge is 0.156 e. The van der Waals surface area contributed by atoms with E-state index in [-0.39, 0.29) is 5.75 Å². The van der Waals surface area contributed by atoms with Crippen LogP contribution in [0.4, 0.5) is 0 Å². The number of thiazole rings is 1. The van der Waals surface area contributed by atoms with E-state index in [0.29, 0.717) is 13.1 Å². The first-order valence-corrected chi connectivity index (χ1v) is 7.72. The van der Waals surface area contributed by atoms with Crippen molar-refractivity contribution in [3.05, 3.63) is 16.6 Å². The lowest BCUT2D eigenvalue weighted by atomic mass is 10.3. The van der Waals surface area contributed by atoms with Gasteiger partial charge in [-0.3, -0.25) is 0 Å². The van der Waals surface area contributed by atoms with E-state index in [0.717, 1.165) is 5.69 Å². The van der Waals surface area contributed by atoms with Crippen molar-refractivity contribution in [2.45, 2.75) is 32.1 Å². The molecule has 1 N–H and O–H groups in total. The van der Waals surface area contributed by atoms with Gasteiger partial charge in [0, 0.05) is 18.5 Å². The molecule has 1 aromatic heterocycles. The summed E-state index contributed by atoms with van der Waals surface area (Å²) in [7, 11) is -3.02. The second kappa shape index (κ2) is 5.25. The number of sulfone groups is 1. The van der Waals surface area contributed by atoms with Gasteiger partial charge in [0.15, 0.2) is 9.84 Å². The van der Waals surface area contributed by atoms with E-state index >= 15 is 0 Å². The van der Waals surface area contributed by atoms with Crippen LogP contribution in [-0.2, 0) is 16.4 Å². The molecule has 1 aromatic rings. The van der Waals surface area contributed by atoms with Crippen LogP contribution in [0.15, 0.2) is 10.9 Å². The Kier molecular flexibility index (Phi) is 4.46. The van der Waals surface area contributed by atoms with Crippen molar-refractivity contribution in [2.75, 3.05) is 12.3 Å². The van der Waals surface area contributed by atoms with Gasteiger partial charge >= 0.3 is 0 Å². The van der Waals surface area contributed by atoms with Crippen molar-refractivity contribution in [3.8, 4) is 0 Å². The van der Waals surface area contributed by atoms with Crippen molar-refractivity contribution >= 4 is 21.2 Å². The maximum atomic E-state index is 11.8. The monoisotopic (exact) mass is 262 g/mol. The van der Waals surface area contributed by atoms with E-state index in [9.17, 15) is 8.42 Å². The predicted molar refractivity (Wildman–Crippen MR) is 67.4 cm³/mol. The molecular weight excluding hydrogens is 244 g/mol. The first-order chi connectivity index (χ1) is 7.33. The molecule has 1 rings (SSSR count). The average molecular weight is 262 g/mol. The lowest BCUT2D eigenvalue weighted by Crippen LogP contribution is -2.34. The van der Waals surface area contributed by atoms with E-state index in [1.54, 1.807) is 26.3 Å². The minimum atomic E-state index is -3.02. The Balaban J connectivity index is 2.31. The molecule has 0 amide bonds. The summed E-state index contributed by atoms with van der Waals surface area (Å²) >= 11 is 1.54. The molecule has 0 unspecified atom stereocenters.